The van der Waals surface area contributed by atoms with E-state index in [0.717, 1.165) is 12.1 Å². The fourth-order valence-corrected chi connectivity index (χ4v) is 2.74. The van der Waals surface area contributed by atoms with Crippen molar-refractivity contribution < 1.29 is 22.7 Å². The summed E-state index contributed by atoms with van der Waals surface area (Å²) in [5.74, 6) is -1.77. The van der Waals surface area contributed by atoms with Gasteiger partial charge in [-0.3, -0.25) is 4.72 Å². The molecule has 0 aromatic heterocycles. The molecule has 0 heterocycles. The second-order valence-corrected chi connectivity index (χ2v) is 6.01. The van der Waals surface area contributed by atoms with E-state index >= 15 is 0 Å². The van der Waals surface area contributed by atoms with Gasteiger partial charge in [-0.25, -0.2) is 17.6 Å². The first-order valence-electron chi connectivity index (χ1n) is 6.17. The SMILES string of the molecule is O=C(O)C=Cc1ccc(S(=O)(=O)Nc2ccccc2F)cc1. The van der Waals surface area contributed by atoms with Gasteiger partial charge in [0.15, 0.2) is 0 Å². The summed E-state index contributed by atoms with van der Waals surface area (Å²) in [5, 5.41) is 8.52. The van der Waals surface area contributed by atoms with Gasteiger partial charge in [0.1, 0.15) is 5.82 Å². The molecular weight excluding hydrogens is 309 g/mol. The Balaban J connectivity index is 2.23. The Hall–Kier alpha value is -2.67. The smallest absolute Gasteiger partial charge is 0.328 e. The summed E-state index contributed by atoms with van der Waals surface area (Å²) in [5.41, 5.74) is 0.393. The number of carboxylic acid groups (broad SMARTS) is 1. The van der Waals surface area contributed by atoms with E-state index in [0.29, 0.717) is 5.56 Å². The van der Waals surface area contributed by atoms with Crippen molar-refractivity contribution in [3.63, 3.8) is 0 Å². The van der Waals surface area contributed by atoms with Gasteiger partial charge in [-0.1, -0.05) is 24.3 Å². The van der Waals surface area contributed by atoms with Gasteiger partial charge in [0.2, 0.25) is 0 Å². The average Bonchev–Trinajstić information content (AvgIpc) is 2.48. The number of anilines is 1. The molecule has 2 rings (SSSR count). The number of sulfonamides is 1. The van der Waals surface area contributed by atoms with Crippen LogP contribution < -0.4 is 4.72 Å². The van der Waals surface area contributed by atoms with Crippen LogP contribution in [0.2, 0.25) is 0 Å². The first-order chi connectivity index (χ1) is 10.4. The average molecular weight is 321 g/mol. The Labute approximate surface area is 126 Å². The van der Waals surface area contributed by atoms with Gasteiger partial charge in [0.05, 0.1) is 10.6 Å². The number of hydrogen-bond donors (Lipinski definition) is 2. The zero-order valence-corrected chi connectivity index (χ0v) is 12.0. The maximum atomic E-state index is 13.5. The van der Waals surface area contributed by atoms with Crippen LogP contribution in [0.5, 0.6) is 0 Å². The number of benzene rings is 2. The second kappa shape index (κ2) is 6.40. The van der Waals surface area contributed by atoms with E-state index in [9.17, 15) is 17.6 Å². The van der Waals surface area contributed by atoms with Crippen LogP contribution in [0.15, 0.2) is 59.5 Å². The Bertz CT molecular complexity index is 814. The van der Waals surface area contributed by atoms with Crippen molar-refractivity contribution >= 4 is 27.8 Å². The normalized spacial score (nSPS) is 11.5. The Morgan fingerprint density at radius 2 is 1.73 bits per heavy atom. The quantitative estimate of drug-likeness (QED) is 0.829. The summed E-state index contributed by atoms with van der Waals surface area (Å²) < 4.78 is 39.9. The van der Waals surface area contributed by atoms with Crippen molar-refractivity contribution in [3.8, 4) is 0 Å². The standard InChI is InChI=1S/C15H12FNO4S/c16-13-3-1-2-4-14(13)17-22(20,21)12-8-5-11(6-9-12)7-10-15(18)19/h1-10,17H,(H,18,19). The summed E-state index contributed by atoms with van der Waals surface area (Å²) in [4.78, 5) is 10.4. The maximum absolute atomic E-state index is 13.5. The van der Waals surface area contributed by atoms with Crippen LogP contribution in [0.25, 0.3) is 6.08 Å². The number of aliphatic carboxylic acids is 1. The molecule has 2 N–H and O–H groups in total. The molecule has 2 aromatic carbocycles. The lowest BCUT2D eigenvalue weighted by Gasteiger charge is -2.09. The van der Waals surface area contributed by atoms with Gasteiger partial charge in [-0.2, -0.15) is 0 Å². The van der Waals surface area contributed by atoms with E-state index in [4.69, 9.17) is 5.11 Å². The highest BCUT2D eigenvalue weighted by Gasteiger charge is 2.15. The van der Waals surface area contributed by atoms with E-state index in [1.54, 1.807) is 0 Å². The molecule has 0 aliphatic rings. The lowest BCUT2D eigenvalue weighted by Crippen LogP contribution is -2.13. The first-order valence-corrected chi connectivity index (χ1v) is 7.65. The minimum Gasteiger partial charge on any atom is -0.478 e. The molecule has 0 atom stereocenters. The lowest BCUT2D eigenvalue weighted by atomic mass is 10.2. The highest BCUT2D eigenvalue weighted by Crippen LogP contribution is 2.19. The van der Waals surface area contributed by atoms with Gasteiger partial charge in [-0.15, -0.1) is 0 Å². The van der Waals surface area contributed by atoms with Gasteiger partial charge in [0, 0.05) is 6.08 Å². The van der Waals surface area contributed by atoms with Gasteiger partial charge in [0.25, 0.3) is 10.0 Å². The molecule has 0 amide bonds. The monoisotopic (exact) mass is 321 g/mol. The molecular formula is C15H12FNO4S. The largest absolute Gasteiger partial charge is 0.478 e. The zero-order chi connectivity index (χ0) is 16.2. The molecule has 0 aliphatic heterocycles. The number of nitrogens with one attached hydrogen (secondary N) is 1. The molecule has 0 aliphatic carbocycles. The van der Waals surface area contributed by atoms with Crippen LogP contribution in [0, 0.1) is 5.82 Å². The van der Waals surface area contributed by atoms with E-state index in [2.05, 4.69) is 4.72 Å². The molecule has 5 nitrogen and oxygen atoms in total. The van der Waals surface area contributed by atoms with Crippen molar-refractivity contribution in [2.24, 2.45) is 0 Å². The van der Waals surface area contributed by atoms with Crippen LogP contribution in [-0.4, -0.2) is 19.5 Å². The van der Waals surface area contributed by atoms with Crippen LogP contribution in [0.3, 0.4) is 0 Å². The number of carboxylic acids is 1. The third-order valence-corrected chi connectivity index (χ3v) is 4.11. The van der Waals surface area contributed by atoms with Crippen LogP contribution in [0.4, 0.5) is 10.1 Å². The molecule has 0 unspecified atom stereocenters. The molecule has 22 heavy (non-hydrogen) atoms. The van der Waals surface area contributed by atoms with E-state index in [1.807, 2.05) is 0 Å². The molecule has 114 valence electrons. The number of rotatable bonds is 5. The molecule has 2 aromatic rings. The van der Waals surface area contributed by atoms with Gasteiger partial charge in [-0.05, 0) is 35.9 Å². The fourth-order valence-electron chi connectivity index (χ4n) is 1.67. The van der Waals surface area contributed by atoms with Crippen molar-refractivity contribution in [2.75, 3.05) is 4.72 Å². The third-order valence-electron chi connectivity index (χ3n) is 2.73. The lowest BCUT2D eigenvalue weighted by molar-refractivity contribution is -0.131. The number of carbonyl (C=O) groups is 1. The Morgan fingerprint density at radius 3 is 2.32 bits per heavy atom. The first kappa shape index (κ1) is 15.7. The van der Waals surface area contributed by atoms with Gasteiger partial charge < -0.3 is 5.11 Å². The second-order valence-electron chi connectivity index (χ2n) is 4.33. The molecule has 0 fully saturated rings. The van der Waals surface area contributed by atoms with Crippen molar-refractivity contribution in [3.05, 3.63) is 66.0 Å². The zero-order valence-electron chi connectivity index (χ0n) is 11.2. The minimum atomic E-state index is -3.91. The topological polar surface area (TPSA) is 83.5 Å². The van der Waals surface area contributed by atoms with Crippen molar-refractivity contribution in [1.29, 1.82) is 0 Å². The molecule has 0 bridgehead atoms. The molecule has 0 radical (unpaired) electrons. The molecule has 0 saturated heterocycles. The Morgan fingerprint density at radius 1 is 1.09 bits per heavy atom. The predicted molar refractivity (Wildman–Crippen MR) is 80.3 cm³/mol. The highest BCUT2D eigenvalue weighted by atomic mass is 32.2. The number of hydrogen-bond acceptors (Lipinski definition) is 3. The maximum Gasteiger partial charge on any atom is 0.328 e. The molecule has 7 heteroatoms. The van der Waals surface area contributed by atoms with E-state index in [-0.39, 0.29) is 10.6 Å². The Kier molecular flexibility index (Phi) is 4.57. The van der Waals surface area contributed by atoms with E-state index in [1.165, 1.54) is 48.5 Å². The summed E-state index contributed by atoms with van der Waals surface area (Å²) in [6.07, 6.45) is 2.28. The number of halogens is 1. The summed E-state index contributed by atoms with van der Waals surface area (Å²) >= 11 is 0. The third kappa shape index (κ3) is 3.92. The fraction of sp³-hybridized carbons (Fsp3) is 0. The van der Waals surface area contributed by atoms with Gasteiger partial charge >= 0.3 is 5.97 Å². The summed E-state index contributed by atoms with van der Waals surface area (Å²) in [6.45, 7) is 0. The highest BCUT2D eigenvalue weighted by molar-refractivity contribution is 7.92. The van der Waals surface area contributed by atoms with Crippen molar-refractivity contribution in [2.45, 2.75) is 4.90 Å². The van der Waals surface area contributed by atoms with Crippen LogP contribution in [-0.2, 0) is 14.8 Å². The minimum absolute atomic E-state index is 0.0526. The van der Waals surface area contributed by atoms with E-state index < -0.39 is 21.8 Å². The number of para-hydroxylation sites is 1. The predicted octanol–water partition coefficient (Wildman–Crippen LogP) is 2.72. The molecule has 0 saturated carbocycles. The van der Waals surface area contributed by atoms with Crippen LogP contribution in [0.1, 0.15) is 5.56 Å². The van der Waals surface area contributed by atoms with Crippen LogP contribution >= 0.6 is 0 Å². The van der Waals surface area contributed by atoms with Crippen molar-refractivity contribution in [1.82, 2.24) is 0 Å². The molecule has 0 spiro atoms. The summed E-state index contributed by atoms with van der Waals surface area (Å²) in [7, 11) is -3.91. The summed E-state index contributed by atoms with van der Waals surface area (Å²) in [6, 6.07) is 11.0.